The maximum absolute atomic E-state index is 12.4. The quantitative estimate of drug-likeness (QED) is 0.868. The summed E-state index contributed by atoms with van der Waals surface area (Å²) in [5.41, 5.74) is 2.82. The van der Waals surface area contributed by atoms with Gasteiger partial charge in [0.15, 0.2) is 11.5 Å². The molecule has 0 unspecified atom stereocenters. The Balaban J connectivity index is 1.48. The average Bonchev–Trinajstić information content (AvgIpc) is 2.99. The minimum absolute atomic E-state index is 0.0320. The first kappa shape index (κ1) is 15.1. The second-order valence-electron chi connectivity index (χ2n) is 5.83. The van der Waals surface area contributed by atoms with Gasteiger partial charge >= 0.3 is 6.03 Å². The Morgan fingerprint density at radius 3 is 2.88 bits per heavy atom. The minimum atomic E-state index is -0.268. The number of anilines is 1. The van der Waals surface area contributed by atoms with Crippen LogP contribution in [0.2, 0.25) is 5.02 Å². The minimum Gasteiger partial charge on any atom is -0.486 e. The van der Waals surface area contributed by atoms with Crippen LogP contribution in [0.4, 0.5) is 10.5 Å². The van der Waals surface area contributed by atoms with Crippen molar-refractivity contribution < 1.29 is 14.3 Å². The molecular formula is C18H17ClN2O3. The summed E-state index contributed by atoms with van der Waals surface area (Å²) in [7, 11) is 0. The summed E-state index contributed by atoms with van der Waals surface area (Å²) in [6.45, 7) is 0.990. The molecule has 1 aliphatic carbocycles. The lowest BCUT2D eigenvalue weighted by Gasteiger charge is -2.22. The molecule has 0 fully saturated rings. The van der Waals surface area contributed by atoms with Gasteiger partial charge in [-0.2, -0.15) is 0 Å². The standard InChI is InChI=1S/C18H17ClN2O3/c19-13-4-1-3-12-11(13)7-8-14(12)20-18(22)21-15-5-2-6-16-17(15)24-10-9-23-16/h1-6,14H,7-10H2,(H2,20,21,22)/t14-/m0/s1. The third-order valence-corrected chi connectivity index (χ3v) is 4.69. The van der Waals surface area contributed by atoms with E-state index in [0.29, 0.717) is 30.4 Å². The van der Waals surface area contributed by atoms with Crippen LogP contribution in [0.1, 0.15) is 23.6 Å². The second kappa shape index (κ2) is 6.24. The zero-order valence-corrected chi connectivity index (χ0v) is 13.7. The number of urea groups is 1. The maximum atomic E-state index is 12.4. The van der Waals surface area contributed by atoms with E-state index in [4.69, 9.17) is 21.1 Å². The van der Waals surface area contributed by atoms with Gasteiger partial charge in [0.25, 0.3) is 0 Å². The number of benzene rings is 2. The number of nitrogens with one attached hydrogen (secondary N) is 2. The van der Waals surface area contributed by atoms with Gasteiger partial charge in [0, 0.05) is 5.02 Å². The Kier molecular flexibility index (Phi) is 3.94. The Labute approximate surface area is 144 Å². The first-order valence-electron chi connectivity index (χ1n) is 7.96. The number of hydrogen-bond donors (Lipinski definition) is 2. The molecule has 0 saturated heterocycles. The molecule has 1 aliphatic heterocycles. The van der Waals surface area contributed by atoms with E-state index < -0.39 is 0 Å². The summed E-state index contributed by atoms with van der Waals surface area (Å²) < 4.78 is 11.1. The van der Waals surface area contributed by atoms with Crippen LogP contribution in [0.25, 0.3) is 0 Å². The lowest BCUT2D eigenvalue weighted by atomic mass is 10.1. The number of hydrogen-bond acceptors (Lipinski definition) is 3. The van der Waals surface area contributed by atoms with Gasteiger partial charge in [-0.1, -0.05) is 29.8 Å². The molecule has 2 aromatic carbocycles. The van der Waals surface area contributed by atoms with Crippen molar-refractivity contribution in [2.75, 3.05) is 18.5 Å². The SMILES string of the molecule is O=C(Nc1cccc2c1OCCO2)N[C@H]1CCc2c(Cl)cccc21. The van der Waals surface area contributed by atoms with Crippen molar-refractivity contribution in [1.29, 1.82) is 0 Å². The lowest BCUT2D eigenvalue weighted by Crippen LogP contribution is -2.32. The summed E-state index contributed by atoms with van der Waals surface area (Å²) in [5.74, 6) is 1.23. The van der Waals surface area contributed by atoms with E-state index in [9.17, 15) is 4.79 Å². The highest BCUT2D eigenvalue weighted by atomic mass is 35.5. The van der Waals surface area contributed by atoms with Crippen molar-refractivity contribution in [3.05, 3.63) is 52.5 Å². The van der Waals surface area contributed by atoms with Gasteiger partial charge in [0.2, 0.25) is 0 Å². The Bertz CT molecular complexity index is 794. The fraction of sp³-hybridized carbons (Fsp3) is 0.278. The van der Waals surface area contributed by atoms with Gasteiger partial charge in [-0.15, -0.1) is 0 Å². The molecule has 2 aliphatic rings. The molecule has 5 nitrogen and oxygen atoms in total. The van der Waals surface area contributed by atoms with Gasteiger partial charge in [-0.3, -0.25) is 0 Å². The van der Waals surface area contributed by atoms with Crippen LogP contribution >= 0.6 is 11.6 Å². The summed E-state index contributed by atoms with van der Waals surface area (Å²) in [4.78, 5) is 12.4. The van der Waals surface area contributed by atoms with Crippen LogP contribution in [0.5, 0.6) is 11.5 Å². The van der Waals surface area contributed by atoms with Crippen LogP contribution in [0.3, 0.4) is 0 Å². The largest absolute Gasteiger partial charge is 0.486 e. The number of carbonyl (C=O) groups is 1. The van der Waals surface area contributed by atoms with Crippen molar-refractivity contribution >= 4 is 23.3 Å². The van der Waals surface area contributed by atoms with Crippen LogP contribution < -0.4 is 20.1 Å². The molecule has 0 aromatic heterocycles. The molecular weight excluding hydrogens is 328 g/mol. The number of carbonyl (C=O) groups excluding carboxylic acids is 1. The van der Waals surface area contributed by atoms with E-state index in [0.717, 1.165) is 29.0 Å². The number of halogens is 1. The normalized spacial score (nSPS) is 18.0. The molecule has 124 valence electrons. The third kappa shape index (κ3) is 2.76. The monoisotopic (exact) mass is 344 g/mol. The highest BCUT2D eigenvalue weighted by molar-refractivity contribution is 6.31. The van der Waals surface area contributed by atoms with Crippen molar-refractivity contribution in [1.82, 2.24) is 5.32 Å². The fourth-order valence-corrected chi connectivity index (χ4v) is 3.52. The smallest absolute Gasteiger partial charge is 0.319 e. The summed E-state index contributed by atoms with van der Waals surface area (Å²) in [6.07, 6.45) is 1.72. The van der Waals surface area contributed by atoms with Crippen LogP contribution in [-0.4, -0.2) is 19.2 Å². The van der Waals surface area contributed by atoms with E-state index in [2.05, 4.69) is 10.6 Å². The van der Waals surface area contributed by atoms with Crippen molar-refractivity contribution in [2.45, 2.75) is 18.9 Å². The van der Waals surface area contributed by atoms with E-state index in [1.807, 2.05) is 30.3 Å². The zero-order valence-electron chi connectivity index (χ0n) is 13.0. The second-order valence-corrected chi connectivity index (χ2v) is 6.23. The number of amides is 2. The Morgan fingerprint density at radius 1 is 1.12 bits per heavy atom. The average molecular weight is 345 g/mol. The van der Waals surface area contributed by atoms with E-state index in [1.165, 1.54) is 0 Å². The molecule has 24 heavy (non-hydrogen) atoms. The molecule has 0 saturated carbocycles. The van der Waals surface area contributed by atoms with Crippen molar-refractivity contribution in [2.24, 2.45) is 0 Å². The molecule has 0 bridgehead atoms. The molecule has 6 heteroatoms. The number of rotatable bonds is 2. The predicted octanol–water partition coefficient (Wildman–Crippen LogP) is 3.92. The molecule has 2 amide bonds. The van der Waals surface area contributed by atoms with Crippen LogP contribution in [-0.2, 0) is 6.42 Å². The van der Waals surface area contributed by atoms with Gasteiger partial charge in [0.1, 0.15) is 13.2 Å². The highest BCUT2D eigenvalue weighted by Crippen LogP contribution is 2.38. The highest BCUT2D eigenvalue weighted by Gasteiger charge is 2.26. The molecule has 2 N–H and O–H groups in total. The number of para-hydroxylation sites is 1. The Morgan fingerprint density at radius 2 is 1.96 bits per heavy atom. The van der Waals surface area contributed by atoms with E-state index >= 15 is 0 Å². The zero-order chi connectivity index (χ0) is 16.5. The molecule has 1 atom stereocenters. The van der Waals surface area contributed by atoms with Gasteiger partial charge in [0.05, 0.1) is 11.7 Å². The van der Waals surface area contributed by atoms with Gasteiger partial charge < -0.3 is 20.1 Å². The van der Waals surface area contributed by atoms with Crippen LogP contribution in [0, 0.1) is 0 Å². The summed E-state index contributed by atoms with van der Waals surface area (Å²) >= 11 is 6.22. The van der Waals surface area contributed by atoms with Crippen molar-refractivity contribution in [3.8, 4) is 11.5 Å². The summed E-state index contributed by atoms with van der Waals surface area (Å²) in [6, 6.07) is 11.0. The number of fused-ring (bicyclic) bond motifs is 2. The molecule has 1 heterocycles. The number of ether oxygens (including phenoxy) is 2. The topological polar surface area (TPSA) is 59.6 Å². The first-order chi connectivity index (χ1) is 11.7. The molecule has 0 spiro atoms. The van der Waals surface area contributed by atoms with Gasteiger partial charge in [-0.25, -0.2) is 4.79 Å². The van der Waals surface area contributed by atoms with Crippen molar-refractivity contribution in [3.63, 3.8) is 0 Å². The molecule has 2 aromatic rings. The summed E-state index contributed by atoms with van der Waals surface area (Å²) in [5, 5.41) is 6.63. The van der Waals surface area contributed by atoms with Gasteiger partial charge in [-0.05, 0) is 42.2 Å². The molecule has 0 radical (unpaired) electrons. The maximum Gasteiger partial charge on any atom is 0.319 e. The fourth-order valence-electron chi connectivity index (χ4n) is 3.25. The van der Waals surface area contributed by atoms with Crippen LogP contribution in [0.15, 0.2) is 36.4 Å². The molecule has 4 rings (SSSR count). The third-order valence-electron chi connectivity index (χ3n) is 4.33. The first-order valence-corrected chi connectivity index (χ1v) is 8.33. The Hall–Kier alpha value is -2.40. The lowest BCUT2D eigenvalue weighted by molar-refractivity contribution is 0.172. The predicted molar refractivity (Wildman–Crippen MR) is 92.1 cm³/mol. The van der Waals surface area contributed by atoms with E-state index in [-0.39, 0.29) is 12.1 Å². The van der Waals surface area contributed by atoms with E-state index in [1.54, 1.807) is 6.07 Å².